The first-order valence-electron chi connectivity index (χ1n) is 7.79. The minimum absolute atomic E-state index is 0.0652. The third-order valence-electron chi connectivity index (χ3n) is 4.36. The van der Waals surface area contributed by atoms with Crippen molar-refractivity contribution >= 4 is 40.9 Å². The molecule has 10 heteroatoms. The molecule has 1 aliphatic heterocycles. The maximum absolute atomic E-state index is 12.6. The van der Waals surface area contributed by atoms with Gasteiger partial charge in [-0.05, 0) is 38.5 Å². The van der Waals surface area contributed by atoms with E-state index in [0.717, 1.165) is 22.9 Å². The highest BCUT2D eigenvalue weighted by atomic mass is 32.2. The van der Waals surface area contributed by atoms with E-state index in [1.54, 1.807) is 0 Å². The molecule has 4 amide bonds. The minimum atomic E-state index is -0.847. The van der Waals surface area contributed by atoms with Crippen LogP contribution in [-0.2, 0) is 9.59 Å². The molecule has 1 aliphatic carbocycles. The van der Waals surface area contributed by atoms with Crippen molar-refractivity contribution in [2.45, 2.75) is 49.4 Å². The first-order valence-corrected chi connectivity index (χ1v) is 9.59. The van der Waals surface area contributed by atoms with E-state index in [4.69, 9.17) is 0 Å². The molecule has 1 saturated carbocycles. The number of carbonyl (C=O) groups is 3. The first kappa shape index (κ1) is 17.2. The second-order valence-electron chi connectivity index (χ2n) is 6.25. The smallest absolute Gasteiger partial charge is 0.322 e. The Labute approximate surface area is 147 Å². The summed E-state index contributed by atoms with van der Waals surface area (Å²) < 4.78 is 0.678. The van der Waals surface area contributed by atoms with E-state index >= 15 is 0 Å². The Morgan fingerprint density at radius 3 is 2.75 bits per heavy atom. The van der Waals surface area contributed by atoms with Gasteiger partial charge in [0.2, 0.25) is 5.91 Å². The highest BCUT2D eigenvalue weighted by Gasteiger charge is 2.52. The van der Waals surface area contributed by atoms with Crippen molar-refractivity contribution in [2.24, 2.45) is 5.92 Å². The molecular weight excluding hydrogens is 350 g/mol. The fourth-order valence-corrected chi connectivity index (χ4v) is 4.54. The van der Waals surface area contributed by atoms with Crippen molar-refractivity contribution in [2.75, 3.05) is 5.75 Å². The number of urea groups is 1. The normalized spacial score (nSPS) is 26.8. The van der Waals surface area contributed by atoms with Crippen LogP contribution in [0, 0.1) is 12.8 Å². The summed E-state index contributed by atoms with van der Waals surface area (Å²) in [5, 5.41) is 12.2. The molecule has 2 fully saturated rings. The monoisotopic (exact) mass is 369 g/mol. The summed E-state index contributed by atoms with van der Waals surface area (Å²) in [7, 11) is 0. The van der Waals surface area contributed by atoms with Crippen molar-refractivity contribution in [3.63, 3.8) is 0 Å². The molecule has 2 N–H and O–H groups in total. The molecule has 1 spiro atoms. The van der Waals surface area contributed by atoms with E-state index in [-0.39, 0.29) is 11.7 Å². The third kappa shape index (κ3) is 3.39. The summed E-state index contributed by atoms with van der Waals surface area (Å²) in [4.78, 5) is 36.8. The Bertz CT molecular complexity index is 669. The summed E-state index contributed by atoms with van der Waals surface area (Å²) in [5.41, 5.74) is 1.56. The zero-order valence-corrected chi connectivity index (χ0v) is 15.1. The molecular formula is C14H19N5O3S2. The summed E-state index contributed by atoms with van der Waals surface area (Å²) in [6.45, 7) is 3.97. The van der Waals surface area contributed by atoms with Crippen LogP contribution in [-0.4, -0.2) is 44.3 Å². The lowest BCUT2D eigenvalue weighted by Crippen LogP contribution is -2.51. The summed E-state index contributed by atoms with van der Waals surface area (Å²) in [5.74, 6) is -0.159. The molecule has 2 aliphatic rings. The predicted molar refractivity (Wildman–Crippen MR) is 89.3 cm³/mol. The molecule has 0 aromatic carbocycles. The fraction of sp³-hybridized carbons (Fsp3) is 0.643. The van der Waals surface area contributed by atoms with E-state index in [2.05, 4.69) is 27.9 Å². The minimum Gasteiger partial charge on any atom is -0.322 e. The number of rotatable bonds is 4. The molecule has 2 heterocycles. The zero-order chi connectivity index (χ0) is 17.3. The number of amides is 4. The molecule has 3 rings (SSSR count). The Kier molecular flexibility index (Phi) is 4.77. The van der Waals surface area contributed by atoms with Gasteiger partial charge >= 0.3 is 6.03 Å². The van der Waals surface area contributed by atoms with Crippen LogP contribution in [0.4, 0.5) is 4.79 Å². The van der Waals surface area contributed by atoms with Crippen LogP contribution >= 0.6 is 23.1 Å². The maximum Gasteiger partial charge on any atom is 0.344 e. The van der Waals surface area contributed by atoms with Gasteiger partial charge in [-0.15, -0.1) is 10.2 Å². The van der Waals surface area contributed by atoms with E-state index in [1.165, 1.54) is 23.1 Å². The van der Waals surface area contributed by atoms with Gasteiger partial charge in [0.05, 0.1) is 5.75 Å². The van der Waals surface area contributed by atoms with Crippen molar-refractivity contribution < 1.29 is 14.4 Å². The predicted octanol–water partition coefficient (Wildman–Crippen LogP) is 1.47. The van der Waals surface area contributed by atoms with Gasteiger partial charge in [0.25, 0.3) is 5.91 Å². The molecule has 0 unspecified atom stereocenters. The lowest BCUT2D eigenvalue weighted by Gasteiger charge is -2.33. The fourth-order valence-electron chi connectivity index (χ4n) is 2.94. The maximum atomic E-state index is 12.6. The second-order valence-corrected chi connectivity index (χ2v) is 8.65. The van der Waals surface area contributed by atoms with Gasteiger partial charge in [0.15, 0.2) is 4.34 Å². The van der Waals surface area contributed by atoms with E-state index in [9.17, 15) is 14.4 Å². The van der Waals surface area contributed by atoms with Crippen molar-refractivity contribution in [1.82, 2.24) is 25.9 Å². The van der Waals surface area contributed by atoms with Crippen LogP contribution < -0.4 is 10.7 Å². The largest absolute Gasteiger partial charge is 0.344 e. The molecule has 0 atom stereocenters. The van der Waals surface area contributed by atoms with Gasteiger partial charge in [-0.3, -0.25) is 15.0 Å². The zero-order valence-electron chi connectivity index (χ0n) is 13.5. The topological polar surface area (TPSA) is 104 Å². The Balaban J connectivity index is 1.57. The molecule has 1 saturated heterocycles. The molecule has 130 valence electrons. The number of hydrogen-bond acceptors (Lipinski definition) is 7. The van der Waals surface area contributed by atoms with E-state index < -0.39 is 17.5 Å². The molecule has 24 heavy (non-hydrogen) atoms. The summed E-state index contributed by atoms with van der Waals surface area (Å²) in [6.07, 6.45) is 3.01. The molecule has 1 aromatic rings. The molecule has 8 nitrogen and oxygen atoms in total. The van der Waals surface area contributed by atoms with Crippen LogP contribution in [0.25, 0.3) is 0 Å². The van der Waals surface area contributed by atoms with Crippen LogP contribution in [0.3, 0.4) is 0 Å². The Morgan fingerprint density at radius 1 is 1.42 bits per heavy atom. The van der Waals surface area contributed by atoms with E-state index in [0.29, 0.717) is 23.1 Å². The second kappa shape index (κ2) is 6.67. The Morgan fingerprint density at radius 2 is 2.12 bits per heavy atom. The number of aromatic nitrogens is 2. The van der Waals surface area contributed by atoms with Crippen LogP contribution in [0.15, 0.2) is 4.34 Å². The van der Waals surface area contributed by atoms with E-state index in [1.807, 2.05) is 6.92 Å². The number of imide groups is 1. The number of hydrogen-bond donors (Lipinski definition) is 2. The van der Waals surface area contributed by atoms with Crippen molar-refractivity contribution in [3.8, 4) is 0 Å². The van der Waals surface area contributed by atoms with Gasteiger partial charge in [0, 0.05) is 0 Å². The quantitative estimate of drug-likeness (QED) is 0.615. The van der Waals surface area contributed by atoms with Gasteiger partial charge in [-0.2, -0.15) is 5.01 Å². The number of carbonyl (C=O) groups excluding carboxylic acids is 3. The molecule has 0 radical (unpaired) electrons. The first-order chi connectivity index (χ1) is 11.4. The van der Waals surface area contributed by atoms with Crippen molar-refractivity contribution in [1.29, 1.82) is 0 Å². The number of nitrogens with one attached hydrogen (secondary N) is 2. The van der Waals surface area contributed by atoms with Gasteiger partial charge in [0.1, 0.15) is 10.5 Å². The molecule has 0 bridgehead atoms. The highest BCUT2D eigenvalue weighted by molar-refractivity contribution is 8.01. The number of hydrazine groups is 1. The number of thioether (sulfide) groups is 1. The number of nitrogens with zero attached hydrogens (tertiary/aromatic N) is 3. The van der Waals surface area contributed by atoms with Crippen LogP contribution in [0.1, 0.15) is 37.6 Å². The average Bonchev–Trinajstić information content (AvgIpc) is 3.06. The van der Waals surface area contributed by atoms with Gasteiger partial charge in [-0.1, -0.05) is 30.0 Å². The average molecular weight is 369 g/mol. The van der Waals surface area contributed by atoms with Crippen LogP contribution in [0.5, 0.6) is 0 Å². The lowest BCUT2D eigenvalue weighted by molar-refractivity contribution is -0.139. The summed E-state index contributed by atoms with van der Waals surface area (Å²) >= 11 is 2.62. The highest BCUT2D eigenvalue weighted by Crippen LogP contribution is 2.35. The van der Waals surface area contributed by atoms with Crippen molar-refractivity contribution in [3.05, 3.63) is 5.01 Å². The molecule has 1 aromatic heterocycles. The SMILES string of the molecule is Cc1nnc(SCC(=O)NN2C(=O)NC3(CCC(C)CC3)C2=O)s1. The third-order valence-corrected chi connectivity index (χ3v) is 6.33. The van der Waals surface area contributed by atoms with Crippen LogP contribution in [0.2, 0.25) is 0 Å². The van der Waals surface area contributed by atoms with Gasteiger partial charge < -0.3 is 5.32 Å². The standard InChI is InChI=1S/C14H19N5O3S2/c1-8-3-5-14(6-4-8)11(21)19(12(22)15-14)18-10(20)7-23-13-17-16-9(2)24-13/h8H,3-7H2,1-2H3,(H,15,22)(H,18,20). The Hall–Kier alpha value is -1.68. The lowest BCUT2D eigenvalue weighted by atomic mass is 9.77. The number of aryl methyl sites for hydroxylation is 1. The van der Waals surface area contributed by atoms with Gasteiger partial charge in [-0.25, -0.2) is 4.79 Å². The summed E-state index contributed by atoms with van der Waals surface area (Å²) in [6, 6.07) is -0.556.